The molecule has 2 heteroatoms. The highest BCUT2D eigenvalue weighted by molar-refractivity contribution is 6.32. The number of aryl methyl sites for hydroxylation is 1. The van der Waals surface area contributed by atoms with Gasteiger partial charge in [-0.1, -0.05) is 68.5 Å². The molecular formula is C24H26OSi. The predicted molar refractivity (Wildman–Crippen MR) is 110 cm³/mol. The molecule has 2 radical (unpaired) electrons. The van der Waals surface area contributed by atoms with E-state index in [0.29, 0.717) is 15.3 Å². The lowest BCUT2D eigenvalue weighted by Crippen LogP contribution is -2.57. The number of hydrogen-bond acceptors (Lipinski definition) is 1. The summed E-state index contributed by atoms with van der Waals surface area (Å²) in [6.07, 6.45) is 4.08. The average Bonchev–Trinajstić information content (AvgIpc) is 2.63. The van der Waals surface area contributed by atoms with Gasteiger partial charge in [-0.3, -0.25) is 0 Å². The molecule has 132 valence electrons. The zero-order valence-electron chi connectivity index (χ0n) is 16.1. The fraction of sp³-hybridized carbons (Fsp3) is 0.333. The van der Waals surface area contributed by atoms with Crippen molar-refractivity contribution in [2.75, 3.05) is 0 Å². The minimum atomic E-state index is -0.259. The zero-order chi connectivity index (χ0) is 18.7. The summed E-state index contributed by atoms with van der Waals surface area (Å²) in [7, 11) is 0.367. The van der Waals surface area contributed by atoms with Crippen molar-refractivity contribution >= 4 is 9.76 Å². The van der Waals surface area contributed by atoms with Gasteiger partial charge in [0.1, 0.15) is 0 Å². The van der Waals surface area contributed by atoms with E-state index in [9.17, 15) is 0 Å². The van der Waals surface area contributed by atoms with E-state index < -0.39 is 0 Å². The zero-order valence-corrected chi connectivity index (χ0v) is 17.1. The summed E-state index contributed by atoms with van der Waals surface area (Å²) in [6.45, 7) is 17.3. The summed E-state index contributed by atoms with van der Waals surface area (Å²) >= 11 is 0. The molecule has 2 aromatic carbocycles. The minimum absolute atomic E-state index is 0.00956. The Morgan fingerprint density at radius 1 is 0.962 bits per heavy atom. The smallest absolute Gasteiger partial charge is 0.240 e. The van der Waals surface area contributed by atoms with Crippen LogP contribution in [0.5, 0.6) is 0 Å². The largest absolute Gasteiger partial charge is 0.407 e. The van der Waals surface area contributed by atoms with Gasteiger partial charge in [-0.2, -0.15) is 0 Å². The van der Waals surface area contributed by atoms with Crippen molar-refractivity contribution in [2.24, 2.45) is 0 Å². The standard InChI is InChI=1S/C24H26OSi/c1-7-24(8-2)18-14-10-9-13-17(18)21(24)26-25-23(6)20-16(3)12-11-15-19(20)22(23,4)5/h7-15,21H,1-2H2,3-6H3. The number of allylic oxidation sites excluding steroid dienone is 2. The van der Waals surface area contributed by atoms with Crippen molar-refractivity contribution in [3.8, 4) is 0 Å². The lowest BCUT2D eigenvalue weighted by molar-refractivity contribution is -0.0210. The van der Waals surface area contributed by atoms with E-state index in [4.69, 9.17) is 4.43 Å². The summed E-state index contributed by atoms with van der Waals surface area (Å²) < 4.78 is 6.74. The third-order valence-corrected chi connectivity index (χ3v) is 8.44. The molecule has 0 saturated heterocycles. The van der Waals surface area contributed by atoms with Crippen molar-refractivity contribution in [1.82, 2.24) is 0 Å². The van der Waals surface area contributed by atoms with Crippen LogP contribution in [0.1, 0.15) is 54.1 Å². The van der Waals surface area contributed by atoms with E-state index in [1.807, 2.05) is 12.2 Å². The van der Waals surface area contributed by atoms with Crippen molar-refractivity contribution in [3.63, 3.8) is 0 Å². The summed E-state index contributed by atoms with van der Waals surface area (Å²) in [5.41, 5.74) is 6.67. The first-order valence-electron chi connectivity index (χ1n) is 9.24. The van der Waals surface area contributed by atoms with Crippen LogP contribution >= 0.6 is 0 Å². The highest BCUT2D eigenvalue weighted by atomic mass is 28.2. The average molecular weight is 359 g/mol. The van der Waals surface area contributed by atoms with E-state index in [1.165, 1.54) is 27.8 Å². The highest BCUT2D eigenvalue weighted by Gasteiger charge is 2.57. The Kier molecular flexibility index (Phi) is 3.73. The van der Waals surface area contributed by atoms with Crippen molar-refractivity contribution in [1.29, 1.82) is 0 Å². The van der Waals surface area contributed by atoms with Gasteiger partial charge in [0, 0.05) is 16.4 Å². The third-order valence-electron chi connectivity index (χ3n) is 6.89. The first-order chi connectivity index (χ1) is 12.3. The monoisotopic (exact) mass is 358 g/mol. The summed E-state index contributed by atoms with van der Waals surface area (Å²) in [5.74, 6) is 0. The van der Waals surface area contributed by atoms with E-state index in [0.717, 1.165) is 0 Å². The number of benzene rings is 2. The van der Waals surface area contributed by atoms with Crippen molar-refractivity contribution in [3.05, 3.63) is 95.6 Å². The molecular weight excluding hydrogens is 332 g/mol. The normalized spacial score (nSPS) is 26.7. The van der Waals surface area contributed by atoms with Crippen molar-refractivity contribution < 1.29 is 4.43 Å². The lowest BCUT2D eigenvalue weighted by atomic mass is 9.55. The van der Waals surface area contributed by atoms with E-state index in [1.54, 1.807) is 0 Å². The van der Waals surface area contributed by atoms with Crippen LogP contribution in [0.2, 0.25) is 0 Å². The van der Waals surface area contributed by atoms with Crippen LogP contribution in [0.3, 0.4) is 0 Å². The molecule has 2 atom stereocenters. The van der Waals surface area contributed by atoms with Gasteiger partial charge in [-0.25, -0.2) is 0 Å². The SMILES string of the molecule is C=CC1(C=C)c2ccccc2C1[Si]OC1(C)c2c(C)cccc2C1(C)C. The van der Waals surface area contributed by atoms with Gasteiger partial charge in [0.2, 0.25) is 9.76 Å². The maximum Gasteiger partial charge on any atom is 0.240 e. The summed E-state index contributed by atoms with van der Waals surface area (Å²) in [6, 6.07) is 15.2. The Labute approximate surface area is 159 Å². The van der Waals surface area contributed by atoms with Crippen LogP contribution in [0.4, 0.5) is 0 Å². The van der Waals surface area contributed by atoms with Crippen LogP contribution in [0.15, 0.2) is 67.8 Å². The Bertz CT molecular complexity index is 902. The minimum Gasteiger partial charge on any atom is -0.407 e. The molecule has 0 heterocycles. The van der Waals surface area contributed by atoms with Crippen LogP contribution in [0, 0.1) is 6.92 Å². The van der Waals surface area contributed by atoms with Crippen molar-refractivity contribution in [2.45, 2.75) is 49.7 Å². The van der Waals surface area contributed by atoms with E-state index in [2.05, 4.69) is 83.3 Å². The first-order valence-corrected chi connectivity index (χ1v) is 10.2. The summed E-state index contributed by atoms with van der Waals surface area (Å²) in [5, 5.41) is 0. The van der Waals surface area contributed by atoms with Gasteiger partial charge in [0.05, 0.1) is 5.60 Å². The van der Waals surface area contributed by atoms with Gasteiger partial charge >= 0.3 is 0 Å². The quantitative estimate of drug-likeness (QED) is 0.506. The Hall–Kier alpha value is -1.90. The van der Waals surface area contributed by atoms with Crippen LogP contribution < -0.4 is 0 Å². The van der Waals surface area contributed by atoms with Crippen LogP contribution in [-0.4, -0.2) is 9.76 Å². The second-order valence-electron chi connectivity index (χ2n) is 8.24. The molecule has 0 amide bonds. The Balaban J connectivity index is 1.67. The predicted octanol–water partition coefficient (Wildman–Crippen LogP) is 5.50. The number of fused-ring (bicyclic) bond motifs is 2. The lowest BCUT2D eigenvalue weighted by Gasteiger charge is -2.57. The molecule has 0 aromatic heterocycles. The molecule has 2 aromatic rings. The molecule has 0 N–H and O–H groups in total. The maximum absolute atomic E-state index is 6.74. The Morgan fingerprint density at radius 3 is 2.31 bits per heavy atom. The fourth-order valence-corrected chi connectivity index (χ4v) is 6.54. The van der Waals surface area contributed by atoms with Gasteiger partial charge in [-0.05, 0) is 41.7 Å². The maximum atomic E-state index is 6.74. The second kappa shape index (κ2) is 5.55. The van der Waals surface area contributed by atoms with E-state index >= 15 is 0 Å². The molecule has 0 saturated carbocycles. The van der Waals surface area contributed by atoms with Gasteiger partial charge in [0.15, 0.2) is 0 Å². The fourth-order valence-electron chi connectivity index (χ4n) is 4.86. The van der Waals surface area contributed by atoms with Crippen LogP contribution in [0.25, 0.3) is 0 Å². The molecule has 2 aliphatic rings. The number of hydrogen-bond donors (Lipinski definition) is 0. The topological polar surface area (TPSA) is 9.23 Å². The molecule has 1 nitrogen and oxygen atoms in total. The second-order valence-corrected chi connectivity index (χ2v) is 9.25. The molecule has 0 bridgehead atoms. The van der Waals surface area contributed by atoms with E-state index in [-0.39, 0.29) is 16.4 Å². The van der Waals surface area contributed by atoms with Gasteiger partial charge < -0.3 is 4.43 Å². The molecule has 0 aliphatic heterocycles. The molecule has 4 rings (SSSR count). The third kappa shape index (κ3) is 1.89. The summed E-state index contributed by atoms with van der Waals surface area (Å²) in [4.78, 5) is 0. The molecule has 26 heavy (non-hydrogen) atoms. The van der Waals surface area contributed by atoms with Gasteiger partial charge in [0.25, 0.3) is 0 Å². The molecule has 2 unspecified atom stereocenters. The molecule has 0 fully saturated rings. The highest BCUT2D eigenvalue weighted by Crippen LogP contribution is 2.59. The van der Waals surface area contributed by atoms with Crippen LogP contribution in [-0.2, 0) is 20.9 Å². The number of rotatable bonds is 5. The Morgan fingerprint density at radius 2 is 1.62 bits per heavy atom. The molecule has 0 spiro atoms. The van der Waals surface area contributed by atoms with Gasteiger partial charge in [-0.15, -0.1) is 13.2 Å². The first kappa shape index (κ1) is 17.5. The molecule has 2 aliphatic carbocycles.